The zero-order chi connectivity index (χ0) is 15.3. The van der Waals surface area contributed by atoms with Crippen LogP contribution in [0.3, 0.4) is 0 Å². The van der Waals surface area contributed by atoms with Gasteiger partial charge in [-0.15, -0.1) is 25.6 Å². The number of amides is 1. The highest BCUT2D eigenvalue weighted by Gasteiger charge is 2.30. The maximum Gasteiger partial charge on any atom is 0.573 e. The number of hydrogen-bond acceptors (Lipinski definition) is 3. The summed E-state index contributed by atoms with van der Waals surface area (Å²) in [6, 6.07) is 5.47. The summed E-state index contributed by atoms with van der Waals surface area (Å²) in [6.07, 6.45) is -2.86. The molecule has 0 unspecified atom stereocenters. The number of hydrogen-bond donors (Lipinski definition) is 2. The van der Waals surface area contributed by atoms with E-state index in [4.69, 9.17) is 0 Å². The van der Waals surface area contributed by atoms with Crippen LogP contribution >= 0.6 is 12.4 Å². The highest BCUT2D eigenvalue weighted by Crippen LogP contribution is 2.22. The van der Waals surface area contributed by atoms with E-state index in [9.17, 15) is 18.0 Å². The number of ether oxygens (including phenoxy) is 1. The van der Waals surface area contributed by atoms with E-state index in [0.717, 1.165) is 24.9 Å². The first-order valence-corrected chi connectivity index (χ1v) is 6.77. The van der Waals surface area contributed by atoms with Crippen LogP contribution in [0.15, 0.2) is 24.3 Å². The van der Waals surface area contributed by atoms with Gasteiger partial charge in [0.1, 0.15) is 5.75 Å². The van der Waals surface area contributed by atoms with Crippen molar-refractivity contribution in [2.24, 2.45) is 5.92 Å². The first-order valence-electron chi connectivity index (χ1n) is 6.77. The fraction of sp³-hybridized carbons (Fsp3) is 0.500. The van der Waals surface area contributed by atoms with Gasteiger partial charge in [-0.1, -0.05) is 12.1 Å². The van der Waals surface area contributed by atoms with E-state index in [1.165, 1.54) is 24.3 Å². The fourth-order valence-electron chi connectivity index (χ4n) is 2.22. The highest BCUT2D eigenvalue weighted by molar-refractivity contribution is 5.85. The summed E-state index contributed by atoms with van der Waals surface area (Å²) in [6.45, 7) is 1.90. The fourth-order valence-corrected chi connectivity index (χ4v) is 2.22. The number of carbonyl (C=O) groups excluding carboxylic acids is 1. The summed E-state index contributed by atoms with van der Waals surface area (Å²) in [7, 11) is 0. The number of halogens is 4. The average Bonchev–Trinajstić information content (AvgIpc) is 2.45. The topological polar surface area (TPSA) is 50.4 Å². The minimum atomic E-state index is -4.69. The Bertz CT molecular complexity index is 474. The van der Waals surface area contributed by atoms with E-state index in [2.05, 4.69) is 15.4 Å². The van der Waals surface area contributed by atoms with Crippen LogP contribution in [-0.4, -0.2) is 25.4 Å². The first-order chi connectivity index (χ1) is 9.94. The molecule has 0 spiro atoms. The average molecular weight is 339 g/mol. The lowest BCUT2D eigenvalue weighted by molar-refractivity contribution is -0.274. The van der Waals surface area contributed by atoms with Crippen molar-refractivity contribution in [1.29, 1.82) is 0 Å². The second-order valence-electron chi connectivity index (χ2n) is 4.95. The van der Waals surface area contributed by atoms with Gasteiger partial charge in [-0.25, -0.2) is 0 Å². The lowest BCUT2D eigenvalue weighted by atomic mass is 9.99. The van der Waals surface area contributed by atoms with Gasteiger partial charge >= 0.3 is 6.36 Å². The van der Waals surface area contributed by atoms with Crippen molar-refractivity contribution in [3.05, 3.63) is 29.8 Å². The zero-order valence-electron chi connectivity index (χ0n) is 11.8. The van der Waals surface area contributed by atoms with Gasteiger partial charge in [0.15, 0.2) is 0 Å². The highest BCUT2D eigenvalue weighted by atomic mass is 35.5. The van der Waals surface area contributed by atoms with Crippen LogP contribution in [0.4, 0.5) is 13.2 Å². The van der Waals surface area contributed by atoms with E-state index in [0.29, 0.717) is 13.1 Å². The predicted octanol–water partition coefficient (Wildman–Crippen LogP) is 2.62. The summed E-state index contributed by atoms with van der Waals surface area (Å²) in [5.74, 6) is -0.335. The molecule has 1 atom stereocenters. The molecule has 1 aromatic rings. The molecule has 2 N–H and O–H groups in total. The Morgan fingerprint density at radius 3 is 2.55 bits per heavy atom. The van der Waals surface area contributed by atoms with Gasteiger partial charge in [0.2, 0.25) is 5.91 Å². The van der Waals surface area contributed by atoms with Crippen LogP contribution in [0.25, 0.3) is 0 Å². The molecule has 0 radical (unpaired) electrons. The number of carbonyl (C=O) groups is 1. The molecule has 1 heterocycles. The molecular formula is C14H18ClF3N2O2. The van der Waals surface area contributed by atoms with Gasteiger partial charge in [0.05, 0.1) is 5.92 Å². The Kier molecular flexibility index (Phi) is 6.96. The second-order valence-corrected chi connectivity index (χ2v) is 4.95. The molecular weight excluding hydrogens is 321 g/mol. The molecule has 1 amide bonds. The summed E-state index contributed by atoms with van der Waals surface area (Å²) in [5.41, 5.74) is 0.724. The van der Waals surface area contributed by atoms with Crippen molar-refractivity contribution < 1.29 is 22.7 Å². The van der Waals surface area contributed by atoms with E-state index < -0.39 is 6.36 Å². The van der Waals surface area contributed by atoms with Gasteiger partial charge in [-0.2, -0.15) is 0 Å². The lowest BCUT2D eigenvalue weighted by Crippen LogP contribution is -2.40. The van der Waals surface area contributed by atoms with Crippen LogP contribution in [-0.2, 0) is 11.3 Å². The number of alkyl halides is 3. The van der Waals surface area contributed by atoms with Crippen molar-refractivity contribution >= 4 is 18.3 Å². The minimum absolute atomic E-state index is 0. The van der Waals surface area contributed by atoms with E-state index in [1.807, 2.05) is 0 Å². The molecule has 8 heteroatoms. The standard InChI is InChI=1S/C14H17F3N2O2.ClH/c15-14(16,17)21-12-5-3-10(4-6-12)8-19-13(20)11-2-1-7-18-9-11;/h3-6,11,18H,1-2,7-9H2,(H,19,20);1H/t11-;/m1./s1. The van der Waals surface area contributed by atoms with Crippen LogP contribution in [0.2, 0.25) is 0 Å². The second kappa shape index (κ2) is 8.24. The molecule has 0 aromatic heterocycles. The summed E-state index contributed by atoms with van der Waals surface area (Å²) >= 11 is 0. The molecule has 0 saturated carbocycles. The van der Waals surface area contributed by atoms with Gasteiger partial charge in [0.25, 0.3) is 0 Å². The Morgan fingerprint density at radius 2 is 2.00 bits per heavy atom. The molecule has 4 nitrogen and oxygen atoms in total. The molecule has 1 fully saturated rings. The maximum absolute atomic E-state index is 12.0. The molecule has 0 aliphatic carbocycles. The van der Waals surface area contributed by atoms with Gasteiger partial charge in [-0.3, -0.25) is 4.79 Å². The quantitative estimate of drug-likeness (QED) is 0.887. The first kappa shape index (κ1) is 18.6. The minimum Gasteiger partial charge on any atom is -0.406 e. The SMILES string of the molecule is Cl.O=C(NCc1ccc(OC(F)(F)F)cc1)[C@@H]1CCCNC1. The van der Waals surface area contributed by atoms with Gasteiger partial charge in [-0.05, 0) is 37.1 Å². The Hall–Kier alpha value is -1.47. The Morgan fingerprint density at radius 1 is 1.32 bits per heavy atom. The molecule has 22 heavy (non-hydrogen) atoms. The maximum atomic E-state index is 12.0. The number of benzene rings is 1. The summed E-state index contributed by atoms with van der Waals surface area (Å²) in [4.78, 5) is 11.9. The molecule has 0 bridgehead atoms. The largest absolute Gasteiger partial charge is 0.573 e. The number of nitrogens with one attached hydrogen (secondary N) is 2. The van der Waals surface area contributed by atoms with Crippen LogP contribution in [0, 0.1) is 5.92 Å². The van der Waals surface area contributed by atoms with E-state index in [-0.39, 0.29) is 30.0 Å². The van der Waals surface area contributed by atoms with E-state index >= 15 is 0 Å². The normalized spacial score (nSPS) is 18.2. The number of piperidine rings is 1. The predicted molar refractivity (Wildman–Crippen MR) is 77.8 cm³/mol. The van der Waals surface area contributed by atoms with Crippen molar-refractivity contribution in [3.63, 3.8) is 0 Å². The third-order valence-corrected chi connectivity index (χ3v) is 3.29. The zero-order valence-corrected chi connectivity index (χ0v) is 12.6. The Balaban J connectivity index is 0.00000242. The molecule has 1 aromatic carbocycles. The van der Waals surface area contributed by atoms with Crippen molar-refractivity contribution in [2.45, 2.75) is 25.7 Å². The smallest absolute Gasteiger partial charge is 0.406 e. The number of rotatable bonds is 4. The van der Waals surface area contributed by atoms with Crippen LogP contribution in [0.5, 0.6) is 5.75 Å². The van der Waals surface area contributed by atoms with Crippen molar-refractivity contribution in [2.75, 3.05) is 13.1 Å². The van der Waals surface area contributed by atoms with Gasteiger partial charge in [0, 0.05) is 13.1 Å². The van der Waals surface area contributed by atoms with Gasteiger partial charge < -0.3 is 15.4 Å². The van der Waals surface area contributed by atoms with Crippen LogP contribution < -0.4 is 15.4 Å². The third kappa shape index (κ3) is 6.11. The van der Waals surface area contributed by atoms with Crippen molar-refractivity contribution in [3.8, 4) is 5.75 Å². The molecule has 1 aliphatic rings. The summed E-state index contributed by atoms with van der Waals surface area (Å²) < 4.78 is 39.8. The van der Waals surface area contributed by atoms with E-state index in [1.54, 1.807) is 0 Å². The molecule has 1 aliphatic heterocycles. The molecule has 1 saturated heterocycles. The van der Waals surface area contributed by atoms with Crippen LogP contribution in [0.1, 0.15) is 18.4 Å². The molecule has 2 rings (SSSR count). The monoisotopic (exact) mass is 338 g/mol. The summed E-state index contributed by atoms with van der Waals surface area (Å²) in [5, 5.41) is 5.95. The molecule has 124 valence electrons. The Labute approximate surface area is 132 Å². The third-order valence-electron chi connectivity index (χ3n) is 3.29. The lowest BCUT2D eigenvalue weighted by Gasteiger charge is -2.21. The van der Waals surface area contributed by atoms with Crippen molar-refractivity contribution in [1.82, 2.24) is 10.6 Å².